The van der Waals surface area contributed by atoms with Crippen molar-refractivity contribution >= 4 is 10.9 Å². The Morgan fingerprint density at radius 3 is 2.89 bits per heavy atom. The Balaban J connectivity index is 2.00. The van der Waals surface area contributed by atoms with Gasteiger partial charge < -0.3 is 10.3 Å². The molecule has 2 N–H and O–H groups in total. The van der Waals surface area contributed by atoms with Gasteiger partial charge in [-0.1, -0.05) is 16.4 Å². The molecule has 0 atom stereocenters. The van der Waals surface area contributed by atoms with Crippen LogP contribution in [-0.2, 0) is 13.1 Å². The van der Waals surface area contributed by atoms with Crippen molar-refractivity contribution in [2.24, 2.45) is 5.73 Å². The number of fused-ring (bicyclic) bond motifs is 1. The van der Waals surface area contributed by atoms with Crippen molar-refractivity contribution in [1.29, 1.82) is 0 Å². The van der Waals surface area contributed by atoms with Crippen LogP contribution in [0.3, 0.4) is 0 Å². The highest BCUT2D eigenvalue weighted by molar-refractivity contribution is 5.81. The third-order valence-electron chi connectivity index (χ3n) is 3.14. The van der Waals surface area contributed by atoms with E-state index >= 15 is 0 Å². The molecule has 0 amide bonds. The number of nitrogens with two attached hydrogens (primary N) is 1. The normalized spacial score (nSPS) is 11.2. The monoisotopic (exact) mass is 242 g/mol. The average Bonchev–Trinajstić information content (AvgIpc) is 2.97. The van der Waals surface area contributed by atoms with E-state index in [1.807, 2.05) is 19.2 Å². The van der Waals surface area contributed by atoms with Crippen LogP contribution in [0.15, 0.2) is 35.1 Å². The minimum Gasteiger partial charge on any atom is -0.341 e. The van der Waals surface area contributed by atoms with Crippen LogP contribution in [0.5, 0.6) is 0 Å². The first-order valence-corrected chi connectivity index (χ1v) is 5.84. The second kappa shape index (κ2) is 4.27. The van der Waals surface area contributed by atoms with Crippen molar-refractivity contribution < 1.29 is 4.63 Å². The molecule has 0 aliphatic rings. The Bertz CT molecular complexity index is 683. The molecule has 5 nitrogen and oxygen atoms in total. The quantitative estimate of drug-likeness (QED) is 0.760. The summed E-state index contributed by atoms with van der Waals surface area (Å²) in [7, 11) is 0. The lowest BCUT2D eigenvalue weighted by atomic mass is 10.1. The molecule has 18 heavy (non-hydrogen) atoms. The molecule has 0 saturated heterocycles. The summed E-state index contributed by atoms with van der Waals surface area (Å²) in [5.74, 6) is 0. The minimum absolute atomic E-state index is 0.563. The third-order valence-corrected chi connectivity index (χ3v) is 3.14. The van der Waals surface area contributed by atoms with E-state index in [4.69, 9.17) is 10.4 Å². The van der Waals surface area contributed by atoms with Gasteiger partial charge in [0.2, 0.25) is 0 Å². The second-order valence-electron chi connectivity index (χ2n) is 4.34. The molecule has 92 valence electrons. The summed E-state index contributed by atoms with van der Waals surface area (Å²) in [5.41, 5.74) is 9.63. The smallest absolute Gasteiger partial charge is 0.127 e. The van der Waals surface area contributed by atoms with E-state index in [1.54, 1.807) is 0 Å². The lowest BCUT2D eigenvalue weighted by Gasteiger charge is -2.03. The summed E-state index contributed by atoms with van der Waals surface area (Å²) in [6.45, 7) is 3.12. The molecule has 3 aromatic rings. The zero-order valence-electron chi connectivity index (χ0n) is 10.1. The van der Waals surface area contributed by atoms with Gasteiger partial charge in [-0.25, -0.2) is 4.63 Å². The van der Waals surface area contributed by atoms with Crippen LogP contribution in [-0.4, -0.2) is 14.9 Å². The predicted molar refractivity (Wildman–Crippen MR) is 68.0 cm³/mol. The van der Waals surface area contributed by atoms with E-state index in [-0.39, 0.29) is 0 Å². The summed E-state index contributed by atoms with van der Waals surface area (Å²) in [6, 6.07) is 8.32. The Morgan fingerprint density at radius 1 is 1.28 bits per heavy atom. The molecular weight excluding hydrogens is 228 g/mol. The van der Waals surface area contributed by atoms with Crippen molar-refractivity contribution in [3.8, 4) is 0 Å². The Labute approximate surface area is 104 Å². The van der Waals surface area contributed by atoms with Crippen molar-refractivity contribution in [1.82, 2.24) is 14.9 Å². The Morgan fingerprint density at radius 2 is 2.17 bits per heavy atom. The molecule has 0 saturated carbocycles. The van der Waals surface area contributed by atoms with E-state index in [0.29, 0.717) is 13.1 Å². The largest absolute Gasteiger partial charge is 0.341 e. The van der Waals surface area contributed by atoms with Crippen LogP contribution in [0.25, 0.3) is 10.9 Å². The molecular formula is C13H14N4O. The lowest BCUT2D eigenvalue weighted by molar-refractivity contribution is 0.300. The van der Waals surface area contributed by atoms with Crippen LogP contribution < -0.4 is 5.73 Å². The molecule has 2 heterocycles. The number of hydrogen-bond donors (Lipinski definition) is 1. The molecule has 3 rings (SSSR count). The SMILES string of the molecule is Cc1nonc1Cn1ccc2cc(CN)ccc21. The van der Waals surface area contributed by atoms with Crippen molar-refractivity contribution in [3.63, 3.8) is 0 Å². The number of aryl methyl sites for hydroxylation is 1. The first-order valence-electron chi connectivity index (χ1n) is 5.84. The van der Waals surface area contributed by atoms with Crippen LogP contribution in [0, 0.1) is 6.92 Å². The third kappa shape index (κ3) is 1.78. The molecule has 0 bridgehead atoms. The van der Waals surface area contributed by atoms with Crippen LogP contribution in [0.4, 0.5) is 0 Å². The first kappa shape index (κ1) is 11.0. The number of nitrogens with zero attached hydrogens (tertiary/aromatic N) is 3. The van der Waals surface area contributed by atoms with E-state index in [0.717, 1.165) is 22.5 Å². The molecule has 5 heteroatoms. The van der Waals surface area contributed by atoms with Crippen molar-refractivity contribution in [3.05, 3.63) is 47.4 Å². The second-order valence-corrected chi connectivity index (χ2v) is 4.34. The lowest BCUT2D eigenvalue weighted by Crippen LogP contribution is -2.00. The van der Waals surface area contributed by atoms with Crippen LogP contribution >= 0.6 is 0 Å². The number of aromatic nitrogens is 3. The highest BCUT2D eigenvalue weighted by Gasteiger charge is 2.08. The Hall–Kier alpha value is -2.14. The topological polar surface area (TPSA) is 69.9 Å². The molecule has 0 radical (unpaired) electrons. The summed E-state index contributed by atoms with van der Waals surface area (Å²) in [5, 5.41) is 8.88. The van der Waals surface area contributed by atoms with Gasteiger partial charge in [-0.15, -0.1) is 0 Å². The Kier molecular flexibility index (Phi) is 2.60. The maximum atomic E-state index is 5.64. The zero-order chi connectivity index (χ0) is 12.5. The van der Waals surface area contributed by atoms with Crippen LogP contribution in [0.1, 0.15) is 17.0 Å². The van der Waals surface area contributed by atoms with Gasteiger partial charge in [0, 0.05) is 18.3 Å². The summed E-state index contributed by atoms with van der Waals surface area (Å²) >= 11 is 0. The number of benzene rings is 1. The van der Waals surface area contributed by atoms with Gasteiger partial charge in [-0.2, -0.15) is 0 Å². The summed E-state index contributed by atoms with van der Waals surface area (Å²) in [6.07, 6.45) is 2.04. The van der Waals surface area contributed by atoms with E-state index in [2.05, 4.69) is 33.1 Å². The van der Waals surface area contributed by atoms with Gasteiger partial charge in [0.25, 0.3) is 0 Å². The van der Waals surface area contributed by atoms with Gasteiger partial charge >= 0.3 is 0 Å². The van der Waals surface area contributed by atoms with E-state index in [1.165, 1.54) is 5.39 Å². The van der Waals surface area contributed by atoms with Gasteiger partial charge in [-0.05, 0) is 36.1 Å². The molecule has 0 spiro atoms. The highest BCUT2D eigenvalue weighted by Crippen LogP contribution is 2.19. The standard InChI is InChI=1S/C13H14N4O/c1-9-12(16-18-15-9)8-17-5-4-11-6-10(7-14)2-3-13(11)17/h2-6H,7-8,14H2,1H3. The fraction of sp³-hybridized carbons (Fsp3) is 0.231. The predicted octanol–water partition coefficient (Wildman–Crippen LogP) is 1.84. The van der Waals surface area contributed by atoms with Gasteiger partial charge in [0.15, 0.2) is 0 Å². The molecule has 2 aromatic heterocycles. The van der Waals surface area contributed by atoms with Crippen molar-refractivity contribution in [2.45, 2.75) is 20.0 Å². The zero-order valence-corrected chi connectivity index (χ0v) is 10.1. The summed E-state index contributed by atoms with van der Waals surface area (Å²) in [4.78, 5) is 0. The number of hydrogen-bond acceptors (Lipinski definition) is 4. The maximum absolute atomic E-state index is 5.64. The van der Waals surface area contributed by atoms with Gasteiger partial charge in [0.1, 0.15) is 11.4 Å². The highest BCUT2D eigenvalue weighted by atomic mass is 16.6. The minimum atomic E-state index is 0.563. The van der Waals surface area contributed by atoms with Crippen molar-refractivity contribution in [2.75, 3.05) is 0 Å². The molecule has 0 fully saturated rings. The fourth-order valence-electron chi connectivity index (χ4n) is 2.07. The fourth-order valence-corrected chi connectivity index (χ4v) is 2.07. The molecule has 0 unspecified atom stereocenters. The average molecular weight is 242 g/mol. The van der Waals surface area contributed by atoms with E-state index in [9.17, 15) is 0 Å². The molecule has 1 aromatic carbocycles. The first-order chi connectivity index (χ1) is 8.78. The molecule has 0 aliphatic carbocycles. The van der Waals surface area contributed by atoms with Gasteiger partial charge in [-0.3, -0.25) is 0 Å². The van der Waals surface area contributed by atoms with Crippen LogP contribution in [0.2, 0.25) is 0 Å². The maximum Gasteiger partial charge on any atom is 0.127 e. The van der Waals surface area contributed by atoms with E-state index < -0.39 is 0 Å². The van der Waals surface area contributed by atoms with Gasteiger partial charge in [0.05, 0.1) is 6.54 Å². The molecule has 0 aliphatic heterocycles. The summed E-state index contributed by atoms with van der Waals surface area (Å²) < 4.78 is 6.84. The number of rotatable bonds is 3.